The number of amides is 1. The minimum absolute atomic E-state index is 0. The van der Waals surface area contributed by atoms with E-state index in [1.165, 1.54) is 6.07 Å². The van der Waals surface area contributed by atoms with Crippen LogP contribution in [0.3, 0.4) is 0 Å². The minimum atomic E-state index is -1.11. The van der Waals surface area contributed by atoms with Crippen molar-refractivity contribution >= 4 is 17.7 Å². The molecule has 0 saturated carbocycles. The summed E-state index contributed by atoms with van der Waals surface area (Å²) >= 11 is 0. The molecule has 5 nitrogen and oxygen atoms in total. The van der Waals surface area contributed by atoms with Crippen LogP contribution in [0.1, 0.15) is 42.3 Å². The monoisotopic (exact) mass is 353 g/mol. The average molecular weight is 353 g/mol. The Morgan fingerprint density at radius 1 is 1.30 bits per heavy atom. The number of carboxylic acids is 1. The molecule has 1 radical (unpaired) electrons. The Morgan fingerprint density at radius 2 is 1.85 bits per heavy atom. The third-order valence-corrected chi connectivity index (χ3v) is 2.25. The van der Waals surface area contributed by atoms with Gasteiger partial charge in [-0.15, -0.1) is 5.56 Å². The Bertz CT molecular complexity index is 521. The fraction of sp³-hybridized carbons (Fsp3) is 0.429. The van der Waals surface area contributed by atoms with Crippen molar-refractivity contribution in [1.29, 1.82) is 0 Å². The van der Waals surface area contributed by atoms with Crippen LogP contribution < -0.4 is 5.32 Å². The van der Waals surface area contributed by atoms with E-state index in [1.54, 1.807) is 34.6 Å². The van der Waals surface area contributed by atoms with Crippen LogP contribution >= 0.6 is 0 Å². The fourth-order valence-corrected chi connectivity index (χ4v) is 1.62. The van der Waals surface area contributed by atoms with Gasteiger partial charge in [-0.3, -0.25) is 0 Å². The second-order valence-corrected chi connectivity index (χ2v) is 5.30. The number of hydrogen-bond donors (Lipinski definition) is 2. The number of aryl methyl sites for hydroxylation is 2. The number of carbonyl (C=O) groups excluding carboxylic acids is 1. The van der Waals surface area contributed by atoms with Crippen molar-refractivity contribution < 1.29 is 52.1 Å². The smallest absolute Gasteiger partial charge is 0.401 e. The Balaban J connectivity index is 0.00000361. The van der Waals surface area contributed by atoms with E-state index in [0.717, 1.165) is 0 Å². The van der Waals surface area contributed by atoms with Crippen molar-refractivity contribution in [2.75, 3.05) is 5.32 Å². The second kappa shape index (κ2) is 7.18. The van der Waals surface area contributed by atoms with Gasteiger partial charge in [-0.05, 0) is 32.0 Å². The molecule has 0 atom stereocenters. The molecule has 0 bridgehead atoms. The summed E-state index contributed by atoms with van der Waals surface area (Å²) in [6.45, 7) is 8.64. The molecule has 1 aromatic carbocycles. The molecule has 0 aliphatic carbocycles. The van der Waals surface area contributed by atoms with E-state index in [9.17, 15) is 9.59 Å². The molecular weight excluding hydrogens is 335 g/mol. The molecule has 0 unspecified atom stereocenters. The van der Waals surface area contributed by atoms with Gasteiger partial charge in [-0.1, -0.05) is 13.8 Å². The van der Waals surface area contributed by atoms with Gasteiger partial charge in [0, 0.05) is 32.7 Å². The SMILES string of the molecule is Cc1[c-]c(C)c(NC(=O)OC(C)(C)C)c(C(=O)O)c1.[Y]. The number of hydrogen-bond acceptors (Lipinski definition) is 3. The summed E-state index contributed by atoms with van der Waals surface area (Å²) in [4.78, 5) is 22.9. The first-order valence-electron chi connectivity index (χ1n) is 5.87. The van der Waals surface area contributed by atoms with Crippen molar-refractivity contribution in [3.63, 3.8) is 0 Å². The molecule has 0 aliphatic rings. The Morgan fingerprint density at radius 3 is 2.30 bits per heavy atom. The normalized spacial score (nSPS) is 10.4. The van der Waals surface area contributed by atoms with E-state index >= 15 is 0 Å². The van der Waals surface area contributed by atoms with Gasteiger partial charge in [0.15, 0.2) is 0 Å². The van der Waals surface area contributed by atoms with Gasteiger partial charge in [0.1, 0.15) is 5.60 Å². The Kier molecular flexibility index (Phi) is 6.84. The van der Waals surface area contributed by atoms with Crippen LogP contribution in [0.4, 0.5) is 10.5 Å². The molecule has 1 amide bonds. The van der Waals surface area contributed by atoms with Crippen molar-refractivity contribution in [2.45, 2.75) is 40.2 Å². The molecule has 1 aromatic rings. The zero-order chi connectivity index (χ0) is 14.8. The Hall–Kier alpha value is -0.936. The number of benzene rings is 1. The molecule has 0 fully saturated rings. The molecule has 0 aromatic heterocycles. The van der Waals surface area contributed by atoms with Gasteiger partial charge in [0.2, 0.25) is 0 Å². The third-order valence-electron chi connectivity index (χ3n) is 2.25. The van der Waals surface area contributed by atoms with Gasteiger partial charge in [-0.2, -0.15) is 17.7 Å². The van der Waals surface area contributed by atoms with Crippen LogP contribution in [0, 0.1) is 19.9 Å². The van der Waals surface area contributed by atoms with E-state index in [-0.39, 0.29) is 44.0 Å². The molecule has 0 heterocycles. The first kappa shape index (κ1) is 19.1. The molecular formula is C14H18NO4Y-. The predicted molar refractivity (Wildman–Crippen MR) is 71.6 cm³/mol. The number of carbonyl (C=O) groups is 2. The van der Waals surface area contributed by atoms with Crippen LogP contribution in [-0.4, -0.2) is 22.8 Å². The van der Waals surface area contributed by atoms with Gasteiger partial charge < -0.3 is 15.2 Å². The number of rotatable bonds is 2. The molecule has 0 saturated heterocycles. The molecule has 1 rings (SSSR count). The molecule has 2 N–H and O–H groups in total. The van der Waals surface area contributed by atoms with Crippen LogP contribution in [0.15, 0.2) is 6.07 Å². The zero-order valence-electron chi connectivity index (χ0n) is 12.3. The molecule has 0 spiro atoms. The molecule has 6 heteroatoms. The van der Waals surface area contributed by atoms with Crippen molar-refractivity contribution in [2.24, 2.45) is 0 Å². The first-order chi connectivity index (χ1) is 8.60. The van der Waals surface area contributed by atoms with E-state index in [1.807, 2.05) is 0 Å². The zero-order valence-corrected chi connectivity index (χ0v) is 15.2. The summed E-state index contributed by atoms with van der Waals surface area (Å²) in [5, 5.41) is 11.6. The maximum absolute atomic E-state index is 11.7. The number of aromatic carboxylic acids is 1. The summed E-state index contributed by atoms with van der Waals surface area (Å²) in [7, 11) is 0. The van der Waals surface area contributed by atoms with Crippen molar-refractivity contribution in [3.05, 3.63) is 28.8 Å². The number of carboxylic acid groups (broad SMARTS) is 1. The summed E-state index contributed by atoms with van der Waals surface area (Å²) in [5.41, 5.74) is 0.857. The third kappa shape index (κ3) is 5.59. The van der Waals surface area contributed by atoms with Crippen LogP contribution in [-0.2, 0) is 37.4 Å². The summed E-state index contributed by atoms with van der Waals surface area (Å²) < 4.78 is 5.10. The summed E-state index contributed by atoms with van der Waals surface area (Å²) in [6.07, 6.45) is -0.685. The topological polar surface area (TPSA) is 75.6 Å². The van der Waals surface area contributed by atoms with Gasteiger partial charge in [-0.25, -0.2) is 9.59 Å². The fourth-order valence-electron chi connectivity index (χ4n) is 1.62. The summed E-state index contributed by atoms with van der Waals surface area (Å²) in [6, 6.07) is 4.43. The van der Waals surface area contributed by atoms with Gasteiger partial charge in [0.05, 0.1) is 0 Å². The number of ether oxygens (including phenoxy) is 1. The van der Waals surface area contributed by atoms with Crippen molar-refractivity contribution in [3.8, 4) is 0 Å². The van der Waals surface area contributed by atoms with Crippen LogP contribution in [0.5, 0.6) is 0 Å². The average Bonchev–Trinajstić information content (AvgIpc) is 2.18. The predicted octanol–water partition coefficient (Wildman–Crippen LogP) is 3.15. The maximum atomic E-state index is 11.7. The van der Waals surface area contributed by atoms with E-state index in [2.05, 4.69) is 11.4 Å². The van der Waals surface area contributed by atoms with Crippen LogP contribution in [0.25, 0.3) is 0 Å². The Labute approximate surface area is 144 Å². The van der Waals surface area contributed by atoms with Crippen LogP contribution in [0.2, 0.25) is 0 Å². The largest absolute Gasteiger partial charge is 0.479 e. The molecule has 0 aliphatic heterocycles. The maximum Gasteiger partial charge on any atom is 0.401 e. The van der Waals surface area contributed by atoms with E-state index < -0.39 is 17.7 Å². The number of anilines is 1. The molecule has 20 heavy (non-hydrogen) atoms. The van der Waals surface area contributed by atoms with Crippen molar-refractivity contribution in [1.82, 2.24) is 0 Å². The first-order valence-corrected chi connectivity index (χ1v) is 5.87. The quantitative estimate of drug-likeness (QED) is 0.801. The van der Waals surface area contributed by atoms with E-state index in [0.29, 0.717) is 11.1 Å². The van der Waals surface area contributed by atoms with E-state index in [4.69, 9.17) is 9.84 Å². The van der Waals surface area contributed by atoms with Gasteiger partial charge in [0.25, 0.3) is 0 Å². The molecule has 107 valence electrons. The van der Waals surface area contributed by atoms with Gasteiger partial charge >= 0.3 is 12.1 Å². The minimum Gasteiger partial charge on any atom is -0.479 e. The summed E-state index contributed by atoms with van der Waals surface area (Å²) in [5.74, 6) is -1.11. The standard InChI is InChI=1S/C14H18NO4.Y/c1-8-6-9(2)11(10(7-8)12(16)17)15-13(18)19-14(3,4)5;/h7H,1-5H3,(H,15,18)(H,16,17);/q-1;. The number of nitrogens with one attached hydrogen (secondary N) is 1. The second-order valence-electron chi connectivity index (χ2n) is 5.30.